The molecule has 2 rings (SSSR count). The molecule has 1 aliphatic heterocycles. The molecule has 6 nitrogen and oxygen atoms in total. The lowest BCUT2D eigenvalue weighted by molar-refractivity contribution is 0.0984. The number of nitrogens with one attached hydrogen (secondary N) is 1. The molecule has 0 aliphatic carbocycles. The molecular formula is C13H18N2O4S2. The fourth-order valence-corrected chi connectivity index (χ4v) is 3.51. The van der Waals surface area contributed by atoms with Gasteiger partial charge >= 0.3 is 0 Å². The van der Waals surface area contributed by atoms with E-state index in [2.05, 4.69) is 4.72 Å². The van der Waals surface area contributed by atoms with Gasteiger partial charge in [0.2, 0.25) is 10.0 Å². The van der Waals surface area contributed by atoms with E-state index < -0.39 is 15.3 Å². The Morgan fingerprint density at radius 1 is 1.33 bits per heavy atom. The van der Waals surface area contributed by atoms with Crippen molar-refractivity contribution < 1.29 is 17.9 Å². The lowest BCUT2D eigenvalue weighted by atomic mass is 10.2. The van der Waals surface area contributed by atoms with Gasteiger partial charge in [-0.1, -0.05) is 12.2 Å². The molecule has 1 aliphatic rings. The zero-order chi connectivity index (χ0) is 15.3. The molecule has 0 radical (unpaired) electrons. The maximum Gasteiger partial charge on any atom is 0.235 e. The van der Waals surface area contributed by atoms with Gasteiger partial charge in [0.15, 0.2) is 0 Å². The first kappa shape index (κ1) is 16.0. The summed E-state index contributed by atoms with van der Waals surface area (Å²) in [5, 5.41) is -0.406. The van der Waals surface area contributed by atoms with Crippen LogP contribution in [0.5, 0.6) is 5.75 Å². The first-order valence-corrected chi connectivity index (χ1v) is 8.53. The maximum absolute atomic E-state index is 12.2. The third-order valence-corrected chi connectivity index (χ3v) is 5.09. The van der Waals surface area contributed by atoms with Crippen molar-refractivity contribution in [1.29, 1.82) is 0 Å². The SMILES string of the molecule is NC(=S)COc1ccc(NS(=O)(=O)C2CCOCC2)cc1. The van der Waals surface area contributed by atoms with Gasteiger partial charge in [0, 0.05) is 18.9 Å². The van der Waals surface area contributed by atoms with Crippen molar-refractivity contribution in [1.82, 2.24) is 0 Å². The van der Waals surface area contributed by atoms with Crippen LogP contribution in [0.1, 0.15) is 12.8 Å². The molecule has 0 unspecified atom stereocenters. The molecule has 1 aromatic carbocycles. The normalized spacial score (nSPS) is 16.4. The van der Waals surface area contributed by atoms with Crippen molar-refractivity contribution in [2.24, 2.45) is 5.73 Å². The highest BCUT2D eigenvalue weighted by atomic mass is 32.2. The second kappa shape index (κ2) is 7.06. The Morgan fingerprint density at radius 2 is 1.95 bits per heavy atom. The van der Waals surface area contributed by atoms with Gasteiger partial charge in [0.1, 0.15) is 17.3 Å². The van der Waals surface area contributed by atoms with E-state index in [0.717, 1.165) is 0 Å². The Hall–Kier alpha value is -1.38. The largest absolute Gasteiger partial charge is 0.487 e. The fourth-order valence-electron chi connectivity index (χ4n) is 2.01. The van der Waals surface area contributed by atoms with Crippen molar-refractivity contribution in [2.75, 3.05) is 24.5 Å². The van der Waals surface area contributed by atoms with E-state index in [4.69, 9.17) is 27.4 Å². The van der Waals surface area contributed by atoms with Crippen LogP contribution in [0.25, 0.3) is 0 Å². The number of nitrogens with two attached hydrogens (primary N) is 1. The van der Waals surface area contributed by atoms with E-state index in [0.29, 0.717) is 37.5 Å². The van der Waals surface area contributed by atoms with Crippen molar-refractivity contribution in [3.63, 3.8) is 0 Å². The van der Waals surface area contributed by atoms with E-state index >= 15 is 0 Å². The van der Waals surface area contributed by atoms with Crippen LogP contribution in [0.15, 0.2) is 24.3 Å². The Kier molecular flexibility index (Phi) is 5.38. The highest BCUT2D eigenvalue weighted by molar-refractivity contribution is 7.93. The van der Waals surface area contributed by atoms with Crippen LogP contribution in [0.2, 0.25) is 0 Å². The molecule has 1 aromatic rings. The number of thiocarbonyl (C=S) groups is 1. The number of ether oxygens (including phenoxy) is 2. The van der Waals surface area contributed by atoms with E-state index in [1.165, 1.54) is 0 Å². The van der Waals surface area contributed by atoms with Gasteiger partial charge < -0.3 is 15.2 Å². The molecule has 21 heavy (non-hydrogen) atoms. The molecule has 1 heterocycles. The Balaban J connectivity index is 1.97. The molecule has 0 spiro atoms. The quantitative estimate of drug-likeness (QED) is 0.764. The number of hydrogen-bond acceptors (Lipinski definition) is 5. The molecule has 1 fully saturated rings. The topological polar surface area (TPSA) is 90.6 Å². The van der Waals surface area contributed by atoms with Crippen molar-refractivity contribution in [3.8, 4) is 5.75 Å². The van der Waals surface area contributed by atoms with E-state index in [9.17, 15) is 8.42 Å². The number of hydrogen-bond donors (Lipinski definition) is 2. The lowest BCUT2D eigenvalue weighted by Crippen LogP contribution is -2.33. The zero-order valence-corrected chi connectivity index (χ0v) is 13.1. The second-order valence-electron chi connectivity index (χ2n) is 4.74. The van der Waals surface area contributed by atoms with Gasteiger partial charge in [-0.2, -0.15) is 0 Å². The molecule has 1 saturated heterocycles. The first-order chi connectivity index (χ1) is 9.97. The molecule has 0 amide bonds. The Morgan fingerprint density at radius 3 is 2.52 bits per heavy atom. The molecule has 0 atom stereocenters. The van der Waals surface area contributed by atoms with Gasteiger partial charge in [-0.05, 0) is 37.1 Å². The number of anilines is 1. The van der Waals surface area contributed by atoms with Crippen molar-refractivity contribution in [3.05, 3.63) is 24.3 Å². The van der Waals surface area contributed by atoms with Crippen LogP contribution in [0, 0.1) is 0 Å². The summed E-state index contributed by atoms with van der Waals surface area (Å²) in [7, 11) is -3.39. The summed E-state index contributed by atoms with van der Waals surface area (Å²) in [5.74, 6) is 0.580. The molecule has 0 saturated carbocycles. The van der Waals surface area contributed by atoms with E-state index in [1.807, 2.05) is 0 Å². The summed E-state index contributed by atoms with van der Waals surface area (Å²) in [6, 6.07) is 6.62. The third-order valence-electron chi connectivity index (χ3n) is 3.10. The second-order valence-corrected chi connectivity index (χ2v) is 7.22. The predicted molar refractivity (Wildman–Crippen MR) is 85.1 cm³/mol. The summed E-state index contributed by atoms with van der Waals surface area (Å²) in [5.41, 5.74) is 5.84. The molecule has 3 N–H and O–H groups in total. The summed E-state index contributed by atoms with van der Waals surface area (Å²) in [4.78, 5) is 0.263. The standard InChI is InChI=1S/C13H18N2O4S2/c14-13(20)9-19-11-3-1-10(2-4-11)15-21(16,17)12-5-7-18-8-6-12/h1-4,12,15H,5-9H2,(H2,14,20). The number of benzene rings is 1. The smallest absolute Gasteiger partial charge is 0.235 e. The van der Waals surface area contributed by atoms with Crippen LogP contribution in [-0.2, 0) is 14.8 Å². The van der Waals surface area contributed by atoms with Crippen LogP contribution in [0.4, 0.5) is 5.69 Å². The average molecular weight is 330 g/mol. The van der Waals surface area contributed by atoms with Crippen LogP contribution in [-0.4, -0.2) is 38.5 Å². The molecule has 0 aromatic heterocycles. The van der Waals surface area contributed by atoms with Crippen molar-refractivity contribution in [2.45, 2.75) is 18.1 Å². The maximum atomic E-state index is 12.2. The average Bonchev–Trinajstić information content (AvgIpc) is 2.47. The number of sulfonamides is 1. The van der Waals surface area contributed by atoms with Crippen LogP contribution in [0.3, 0.4) is 0 Å². The summed E-state index contributed by atoms with van der Waals surface area (Å²) in [6.07, 6.45) is 1.04. The first-order valence-electron chi connectivity index (χ1n) is 6.58. The van der Waals surface area contributed by atoms with E-state index in [1.54, 1.807) is 24.3 Å². The minimum atomic E-state index is -3.39. The number of rotatable bonds is 6. The van der Waals surface area contributed by atoms with Crippen LogP contribution < -0.4 is 15.2 Å². The summed E-state index contributed by atoms with van der Waals surface area (Å²) < 4.78 is 37.5. The fraction of sp³-hybridized carbons (Fsp3) is 0.462. The van der Waals surface area contributed by atoms with Crippen LogP contribution >= 0.6 is 12.2 Å². The molecule has 8 heteroatoms. The molecule has 0 bridgehead atoms. The van der Waals surface area contributed by atoms with Gasteiger partial charge in [0.05, 0.1) is 5.25 Å². The minimum absolute atomic E-state index is 0.155. The molecule has 116 valence electrons. The van der Waals surface area contributed by atoms with Crippen molar-refractivity contribution >= 4 is 32.9 Å². The minimum Gasteiger partial charge on any atom is -0.487 e. The Labute approximate surface area is 129 Å². The zero-order valence-electron chi connectivity index (χ0n) is 11.4. The van der Waals surface area contributed by atoms with E-state index in [-0.39, 0.29) is 11.6 Å². The highest BCUT2D eigenvalue weighted by Gasteiger charge is 2.27. The molecular weight excluding hydrogens is 312 g/mol. The summed E-state index contributed by atoms with van der Waals surface area (Å²) in [6.45, 7) is 1.12. The van der Waals surface area contributed by atoms with Gasteiger partial charge in [-0.3, -0.25) is 4.72 Å². The monoisotopic (exact) mass is 330 g/mol. The predicted octanol–water partition coefficient (Wildman–Crippen LogP) is 1.27. The highest BCUT2D eigenvalue weighted by Crippen LogP contribution is 2.21. The van der Waals surface area contributed by atoms with Gasteiger partial charge in [-0.15, -0.1) is 0 Å². The lowest BCUT2D eigenvalue weighted by Gasteiger charge is -2.22. The van der Waals surface area contributed by atoms with Gasteiger partial charge in [0.25, 0.3) is 0 Å². The van der Waals surface area contributed by atoms with Gasteiger partial charge in [-0.25, -0.2) is 8.42 Å². The Bertz CT molecular complexity index is 581. The summed E-state index contributed by atoms with van der Waals surface area (Å²) >= 11 is 4.72. The third kappa shape index (κ3) is 4.83.